The molecule has 2 heterocycles. The second kappa shape index (κ2) is 6.92. The second-order valence-corrected chi connectivity index (χ2v) is 5.74. The summed E-state index contributed by atoms with van der Waals surface area (Å²) in [5.41, 5.74) is 2.35. The van der Waals surface area contributed by atoms with E-state index < -0.39 is 0 Å². The third kappa shape index (κ3) is 3.42. The van der Waals surface area contributed by atoms with Gasteiger partial charge in [0.25, 0.3) is 0 Å². The van der Waals surface area contributed by atoms with E-state index in [1.807, 2.05) is 6.92 Å². The molecule has 0 unspecified atom stereocenters. The highest BCUT2D eigenvalue weighted by Crippen LogP contribution is 2.24. The predicted octanol–water partition coefficient (Wildman–Crippen LogP) is 3.54. The first-order valence-electron chi connectivity index (χ1n) is 7.13. The van der Waals surface area contributed by atoms with Crippen LogP contribution >= 0.6 is 11.8 Å². The summed E-state index contributed by atoms with van der Waals surface area (Å²) in [4.78, 5) is 4.64. The van der Waals surface area contributed by atoms with Crippen LogP contribution in [-0.4, -0.2) is 19.7 Å². The number of thioether (sulfide) groups is 1. The minimum atomic E-state index is 0.673. The molecule has 2 rings (SSSR count). The Kier molecular flexibility index (Phi) is 5.23. The van der Waals surface area contributed by atoms with Crippen molar-refractivity contribution in [2.75, 3.05) is 0 Å². The average Bonchev–Trinajstić information content (AvgIpc) is 3.01. The Bertz CT molecular complexity index is 562. The van der Waals surface area contributed by atoms with Crippen molar-refractivity contribution in [2.24, 2.45) is 0 Å². The smallest absolute Gasteiger partial charge is 0.226 e. The molecule has 0 aliphatic carbocycles. The topological polar surface area (TPSA) is 56.7 Å². The van der Waals surface area contributed by atoms with Crippen LogP contribution in [0.1, 0.15) is 49.9 Å². The van der Waals surface area contributed by atoms with Gasteiger partial charge < -0.3 is 8.98 Å². The SMILES string of the molecule is CCCCn1c(SCc2nnc(CC)o2)nc(C)c1C. The number of nitrogens with zero attached hydrogens (tertiary/aromatic N) is 4. The van der Waals surface area contributed by atoms with Gasteiger partial charge in [-0.05, 0) is 20.3 Å². The van der Waals surface area contributed by atoms with E-state index in [4.69, 9.17) is 4.42 Å². The minimum Gasteiger partial charge on any atom is -0.424 e. The first-order chi connectivity index (χ1) is 9.65. The highest BCUT2D eigenvalue weighted by Gasteiger charge is 2.13. The van der Waals surface area contributed by atoms with Crippen molar-refractivity contribution in [3.63, 3.8) is 0 Å². The molecule has 2 aromatic rings. The maximum absolute atomic E-state index is 5.53. The van der Waals surface area contributed by atoms with Gasteiger partial charge in [-0.2, -0.15) is 0 Å². The number of aryl methyl sites for hydroxylation is 2. The van der Waals surface area contributed by atoms with Gasteiger partial charge >= 0.3 is 0 Å². The van der Waals surface area contributed by atoms with E-state index in [-0.39, 0.29) is 0 Å². The van der Waals surface area contributed by atoms with Crippen molar-refractivity contribution in [3.8, 4) is 0 Å². The van der Waals surface area contributed by atoms with Gasteiger partial charge in [0.1, 0.15) is 0 Å². The molecule has 20 heavy (non-hydrogen) atoms. The zero-order valence-corrected chi connectivity index (χ0v) is 13.5. The van der Waals surface area contributed by atoms with Crippen molar-refractivity contribution < 1.29 is 4.42 Å². The number of imidazole rings is 1. The maximum Gasteiger partial charge on any atom is 0.226 e. The molecule has 0 radical (unpaired) electrons. The van der Waals surface area contributed by atoms with Crippen molar-refractivity contribution in [1.29, 1.82) is 0 Å². The Balaban J connectivity index is 2.06. The van der Waals surface area contributed by atoms with Crippen LogP contribution in [0.3, 0.4) is 0 Å². The summed E-state index contributed by atoms with van der Waals surface area (Å²) in [7, 11) is 0. The van der Waals surface area contributed by atoms with Gasteiger partial charge in [0.15, 0.2) is 5.16 Å². The lowest BCUT2D eigenvalue weighted by atomic mass is 10.3. The van der Waals surface area contributed by atoms with E-state index in [0.29, 0.717) is 17.5 Å². The van der Waals surface area contributed by atoms with E-state index in [2.05, 4.69) is 40.5 Å². The normalized spacial score (nSPS) is 11.2. The van der Waals surface area contributed by atoms with E-state index in [1.54, 1.807) is 11.8 Å². The van der Waals surface area contributed by atoms with Gasteiger partial charge in [-0.25, -0.2) is 4.98 Å². The highest BCUT2D eigenvalue weighted by atomic mass is 32.2. The Morgan fingerprint density at radius 1 is 1.15 bits per heavy atom. The molecule has 0 saturated carbocycles. The fourth-order valence-electron chi connectivity index (χ4n) is 1.93. The van der Waals surface area contributed by atoms with Crippen molar-refractivity contribution in [1.82, 2.24) is 19.7 Å². The van der Waals surface area contributed by atoms with Gasteiger partial charge in [-0.3, -0.25) is 0 Å². The Morgan fingerprint density at radius 3 is 2.55 bits per heavy atom. The minimum absolute atomic E-state index is 0.673. The van der Waals surface area contributed by atoms with Crippen LogP contribution in [0, 0.1) is 13.8 Å². The maximum atomic E-state index is 5.53. The van der Waals surface area contributed by atoms with Crippen LogP contribution in [0.2, 0.25) is 0 Å². The molecule has 0 bridgehead atoms. The van der Waals surface area contributed by atoms with E-state index >= 15 is 0 Å². The van der Waals surface area contributed by atoms with Gasteiger partial charge in [-0.15, -0.1) is 10.2 Å². The van der Waals surface area contributed by atoms with E-state index in [0.717, 1.165) is 23.8 Å². The largest absolute Gasteiger partial charge is 0.424 e. The summed E-state index contributed by atoms with van der Waals surface area (Å²) in [5.74, 6) is 2.05. The van der Waals surface area contributed by atoms with Gasteiger partial charge in [0.2, 0.25) is 11.8 Å². The summed E-state index contributed by atoms with van der Waals surface area (Å²) in [6.07, 6.45) is 3.13. The van der Waals surface area contributed by atoms with Gasteiger partial charge in [-0.1, -0.05) is 32.0 Å². The Hall–Kier alpha value is -1.30. The molecule has 0 spiro atoms. The highest BCUT2D eigenvalue weighted by molar-refractivity contribution is 7.98. The lowest BCUT2D eigenvalue weighted by Gasteiger charge is -2.08. The van der Waals surface area contributed by atoms with Crippen LogP contribution in [0.4, 0.5) is 0 Å². The molecule has 6 heteroatoms. The molecule has 0 N–H and O–H groups in total. The van der Waals surface area contributed by atoms with Crippen molar-refractivity contribution in [2.45, 2.75) is 64.4 Å². The Morgan fingerprint density at radius 2 is 1.90 bits per heavy atom. The molecule has 0 aliphatic rings. The zero-order chi connectivity index (χ0) is 14.5. The molecule has 0 atom stereocenters. The zero-order valence-electron chi connectivity index (χ0n) is 12.6. The number of aromatic nitrogens is 4. The first kappa shape index (κ1) is 15.1. The number of hydrogen-bond acceptors (Lipinski definition) is 5. The quantitative estimate of drug-likeness (QED) is 0.731. The fraction of sp³-hybridized carbons (Fsp3) is 0.643. The van der Waals surface area contributed by atoms with Crippen LogP contribution < -0.4 is 0 Å². The molecule has 0 aromatic carbocycles. The lowest BCUT2D eigenvalue weighted by molar-refractivity contribution is 0.469. The second-order valence-electron chi connectivity index (χ2n) is 4.80. The monoisotopic (exact) mass is 294 g/mol. The van der Waals surface area contributed by atoms with Crippen molar-refractivity contribution in [3.05, 3.63) is 23.2 Å². The predicted molar refractivity (Wildman–Crippen MR) is 79.8 cm³/mol. The molecular weight excluding hydrogens is 272 g/mol. The molecule has 2 aromatic heterocycles. The van der Waals surface area contributed by atoms with Crippen LogP contribution in [0.25, 0.3) is 0 Å². The lowest BCUT2D eigenvalue weighted by Crippen LogP contribution is -2.02. The van der Waals surface area contributed by atoms with Gasteiger partial charge in [0, 0.05) is 18.7 Å². The summed E-state index contributed by atoms with van der Waals surface area (Å²) >= 11 is 1.67. The van der Waals surface area contributed by atoms with E-state index in [1.165, 1.54) is 18.5 Å². The fourth-order valence-corrected chi connectivity index (χ4v) is 2.88. The molecular formula is C14H22N4OS. The molecule has 5 nitrogen and oxygen atoms in total. The molecule has 110 valence electrons. The van der Waals surface area contributed by atoms with E-state index in [9.17, 15) is 0 Å². The number of hydrogen-bond donors (Lipinski definition) is 0. The first-order valence-corrected chi connectivity index (χ1v) is 8.12. The summed E-state index contributed by atoms with van der Waals surface area (Å²) in [5, 5.41) is 9.08. The third-order valence-corrected chi connectivity index (χ3v) is 4.26. The average molecular weight is 294 g/mol. The van der Waals surface area contributed by atoms with Crippen molar-refractivity contribution >= 4 is 11.8 Å². The molecule has 0 aliphatic heterocycles. The van der Waals surface area contributed by atoms with Crippen LogP contribution in [0.15, 0.2) is 9.57 Å². The summed E-state index contributed by atoms with van der Waals surface area (Å²) in [6.45, 7) is 9.43. The summed E-state index contributed by atoms with van der Waals surface area (Å²) in [6, 6.07) is 0. The molecule has 0 amide bonds. The number of rotatable bonds is 7. The molecule has 0 fully saturated rings. The Labute approximate surface area is 124 Å². The van der Waals surface area contributed by atoms with Gasteiger partial charge in [0.05, 0.1) is 11.4 Å². The van der Waals surface area contributed by atoms with Crippen LogP contribution in [0.5, 0.6) is 0 Å². The standard InChI is InChI=1S/C14H22N4OS/c1-5-7-8-18-11(4)10(3)15-14(18)20-9-13-17-16-12(6-2)19-13/h5-9H2,1-4H3. The van der Waals surface area contributed by atoms with Crippen LogP contribution in [-0.2, 0) is 18.7 Å². The molecule has 0 saturated heterocycles. The number of unbranched alkanes of at least 4 members (excludes halogenated alkanes) is 1. The summed E-state index contributed by atoms with van der Waals surface area (Å²) < 4.78 is 7.82. The third-order valence-electron chi connectivity index (χ3n) is 3.29.